The lowest BCUT2D eigenvalue weighted by Gasteiger charge is -2.33. The van der Waals surface area contributed by atoms with Crippen LogP contribution in [-0.2, 0) is 24.4 Å². The first-order valence-corrected chi connectivity index (χ1v) is 13.8. The van der Waals surface area contributed by atoms with E-state index in [0.29, 0.717) is 17.0 Å². The van der Waals surface area contributed by atoms with E-state index in [1.807, 2.05) is 24.3 Å². The number of aromatic nitrogens is 2. The van der Waals surface area contributed by atoms with Crippen molar-refractivity contribution in [3.63, 3.8) is 0 Å². The molecule has 4 aromatic rings. The number of halogens is 1. The molecule has 3 aromatic carbocycles. The summed E-state index contributed by atoms with van der Waals surface area (Å²) in [6.45, 7) is 6.75. The van der Waals surface area contributed by atoms with Crippen LogP contribution in [0.4, 0.5) is 4.39 Å². The molecule has 1 atom stereocenters. The largest absolute Gasteiger partial charge is 0.489 e. The van der Waals surface area contributed by atoms with Crippen LogP contribution in [0.3, 0.4) is 0 Å². The molecule has 0 spiro atoms. The molecule has 6 rings (SSSR count). The van der Waals surface area contributed by atoms with Crippen LogP contribution in [0.5, 0.6) is 5.75 Å². The van der Waals surface area contributed by atoms with Crippen molar-refractivity contribution in [2.75, 3.05) is 19.7 Å². The molecular weight excluding hydrogens is 491 g/mol. The van der Waals surface area contributed by atoms with Gasteiger partial charge in [0.05, 0.1) is 41.9 Å². The lowest BCUT2D eigenvalue weighted by molar-refractivity contribution is -0.0592. The van der Waals surface area contributed by atoms with Crippen LogP contribution < -0.4 is 4.74 Å². The van der Waals surface area contributed by atoms with Crippen LogP contribution in [-0.4, -0.2) is 40.3 Å². The summed E-state index contributed by atoms with van der Waals surface area (Å²) in [5.74, 6) is 1.88. The van der Waals surface area contributed by atoms with E-state index in [0.717, 1.165) is 69.1 Å². The van der Waals surface area contributed by atoms with Crippen molar-refractivity contribution in [1.82, 2.24) is 14.5 Å². The highest BCUT2D eigenvalue weighted by atomic mass is 19.1. The van der Waals surface area contributed by atoms with E-state index in [9.17, 15) is 4.39 Å². The van der Waals surface area contributed by atoms with Crippen molar-refractivity contribution in [2.24, 2.45) is 0 Å². The maximum Gasteiger partial charge on any atom is 0.131 e. The Morgan fingerprint density at radius 2 is 1.90 bits per heavy atom. The summed E-state index contributed by atoms with van der Waals surface area (Å²) >= 11 is 0. The van der Waals surface area contributed by atoms with E-state index < -0.39 is 5.82 Å². The molecule has 2 saturated heterocycles. The quantitative estimate of drug-likeness (QED) is 0.279. The molecular formula is C32H33FN4O2. The van der Waals surface area contributed by atoms with Crippen molar-refractivity contribution in [1.29, 1.82) is 5.26 Å². The van der Waals surface area contributed by atoms with Crippen molar-refractivity contribution in [3.05, 3.63) is 94.6 Å². The van der Waals surface area contributed by atoms with Gasteiger partial charge in [0.1, 0.15) is 24.0 Å². The summed E-state index contributed by atoms with van der Waals surface area (Å²) in [5, 5.41) is 8.99. The van der Waals surface area contributed by atoms with E-state index in [1.54, 1.807) is 12.1 Å². The third-order valence-corrected chi connectivity index (χ3v) is 8.04. The van der Waals surface area contributed by atoms with Crippen LogP contribution in [0.2, 0.25) is 0 Å². The van der Waals surface area contributed by atoms with Crippen LogP contribution in [0.1, 0.15) is 53.3 Å². The van der Waals surface area contributed by atoms with E-state index >= 15 is 0 Å². The normalized spacial score (nSPS) is 18.1. The summed E-state index contributed by atoms with van der Waals surface area (Å²) < 4.78 is 28.6. The minimum atomic E-state index is -0.412. The molecule has 7 heteroatoms. The van der Waals surface area contributed by atoms with Gasteiger partial charge in [-0.25, -0.2) is 9.37 Å². The molecule has 0 amide bonds. The summed E-state index contributed by atoms with van der Waals surface area (Å²) in [5.41, 5.74) is 5.42. The van der Waals surface area contributed by atoms with Crippen molar-refractivity contribution >= 4 is 11.0 Å². The second-order valence-corrected chi connectivity index (χ2v) is 10.7. The molecule has 2 aliphatic rings. The Labute approximate surface area is 228 Å². The highest BCUT2D eigenvalue weighted by Gasteiger charge is 2.26. The summed E-state index contributed by atoms with van der Waals surface area (Å²) in [6, 6.07) is 21.1. The zero-order valence-electron chi connectivity index (χ0n) is 22.3. The van der Waals surface area contributed by atoms with Crippen molar-refractivity contribution in [2.45, 2.75) is 57.9 Å². The first-order valence-electron chi connectivity index (χ1n) is 13.8. The number of likely N-dealkylation sites (tertiary alicyclic amines) is 1. The van der Waals surface area contributed by atoms with E-state index in [1.165, 1.54) is 22.7 Å². The first-order chi connectivity index (χ1) is 19.1. The molecule has 0 N–H and O–H groups in total. The minimum Gasteiger partial charge on any atom is -0.489 e. The second-order valence-electron chi connectivity index (χ2n) is 10.7. The summed E-state index contributed by atoms with van der Waals surface area (Å²) in [6.07, 6.45) is 3.44. The Morgan fingerprint density at radius 1 is 1.08 bits per heavy atom. The van der Waals surface area contributed by atoms with E-state index in [2.05, 4.69) is 40.7 Å². The fraction of sp³-hybridized carbons (Fsp3) is 0.375. The molecule has 0 aliphatic carbocycles. The zero-order valence-corrected chi connectivity index (χ0v) is 22.3. The average Bonchev–Trinajstić information content (AvgIpc) is 3.26. The molecule has 1 aromatic heterocycles. The number of hydrogen-bond acceptors (Lipinski definition) is 5. The number of nitrogens with zero attached hydrogens (tertiary/aromatic N) is 4. The number of nitriles is 1. The van der Waals surface area contributed by atoms with Gasteiger partial charge >= 0.3 is 0 Å². The Kier molecular flexibility index (Phi) is 7.32. The van der Waals surface area contributed by atoms with Gasteiger partial charge in [0, 0.05) is 12.2 Å². The highest BCUT2D eigenvalue weighted by molar-refractivity contribution is 5.77. The van der Waals surface area contributed by atoms with Gasteiger partial charge in [0.25, 0.3) is 0 Å². The monoisotopic (exact) mass is 524 g/mol. The standard InChI is InChI=1S/C32H33FN4O2/c1-22-6-9-29-30(16-22)37(19-26-12-15-38-26)32(35-29)20-36-13-10-24(11-14-36)27-4-2-3-5-31(27)39-21-25-8-7-23(18-34)17-28(25)33/h2-9,16-17,24,26H,10-15,19-21H2,1H3/t26-/m0/s1. The Hall–Kier alpha value is -3.73. The number of para-hydroxylation sites is 1. The van der Waals surface area contributed by atoms with E-state index in [4.69, 9.17) is 19.7 Å². The molecule has 3 heterocycles. The van der Waals surface area contributed by atoms with Crippen LogP contribution in [0.25, 0.3) is 11.0 Å². The first kappa shape index (κ1) is 25.5. The second kappa shape index (κ2) is 11.2. The van der Waals surface area contributed by atoms with Gasteiger partial charge in [-0.2, -0.15) is 5.26 Å². The molecule has 0 radical (unpaired) electrons. The third kappa shape index (κ3) is 5.54. The van der Waals surface area contributed by atoms with Crippen molar-refractivity contribution in [3.8, 4) is 11.8 Å². The number of fused-ring (bicyclic) bond motifs is 1. The molecule has 200 valence electrons. The predicted octanol–water partition coefficient (Wildman–Crippen LogP) is 6.10. The average molecular weight is 525 g/mol. The number of benzene rings is 3. The fourth-order valence-electron chi connectivity index (χ4n) is 5.68. The zero-order chi connectivity index (χ0) is 26.8. The van der Waals surface area contributed by atoms with Gasteiger partial charge in [-0.15, -0.1) is 0 Å². The molecule has 2 fully saturated rings. The molecule has 0 bridgehead atoms. The number of ether oxygens (including phenoxy) is 2. The topological polar surface area (TPSA) is 63.3 Å². The Bertz CT molecular complexity index is 1510. The smallest absolute Gasteiger partial charge is 0.131 e. The van der Waals surface area contributed by atoms with Gasteiger partial charge in [-0.1, -0.05) is 30.3 Å². The van der Waals surface area contributed by atoms with Gasteiger partial charge < -0.3 is 14.0 Å². The lowest BCUT2D eigenvalue weighted by Crippen LogP contribution is -2.35. The van der Waals surface area contributed by atoms with Gasteiger partial charge in [0.15, 0.2) is 0 Å². The lowest BCUT2D eigenvalue weighted by atomic mass is 9.89. The summed E-state index contributed by atoms with van der Waals surface area (Å²) in [7, 11) is 0. The maximum absolute atomic E-state index is 14.4. The number of imidazole rings is 1. The Morgan fingerprint density at radius 3 is 2.64 bits per heavy atom. The SMILES string of the molecule is Cc1ccc2nc(CN3CCC(c4ccccc4OCc4ccc(C#N)cc4F)CC3)n(C[C@@H]3CCO3)c2c1. The maximum atomic E-state index is 14.4. The minimum absolute atomic E-state index is 0.133. The van der Waals surface area contributed by atoms with Crippen LogP contribution in [0.15, 0.2) is 60.7 Å². The van der Waals surface area contributed by atoms with Crippen LogP contribution >= 0.6 is 0 Å². The van der Waals surface area contributed by atoms with Crippen LogP contribution in [0, 0.1) is 24.1 Å². The van der Waals surface area contributed by atoms with Gasteiger partial charge in [-0.05, 0) is 86.7 Å². The number of aryl methyl sites for hydroxylation is 1. The molecule has 2 aliphatic heterocycles. The number of hydrogen-bond donors (Lipinski definition) is 0. The van der Waals surface area contributed by atoms with Gasteiger partial charge in [0.2, 0.25) is 0 Å². The Balaban J connectivity index is 1.12. The molecule has 0 saturated carbocycles. The third-order valence-electron chi connectivity index (χ3n) is 8.04. The fourth-order valence-corrected chi connectivity index (χ4v) is 5.68. The van der Waals surface area contributed by atoms with E-state index in [-0.39, 0.29) is 12.7 Å². The molecule has 39 heavy (non-hydrogen) atoms. The molecule has 6 nitrogen and oxygen atoms in total. The number of rotatable bonds is 8. The predicted molar refractivity (Wildman–Crippen MR) is 148 cm³/mol. The molecule has 0 unspecified atom stereocenters. The van der Waals surface area contributed by atoms with Crippen molar-refractivity contribution < 1.29 is 13.9 Å². The highest BCUT2D eigenvalue weighted by Crippen LogP contribution is 2.35. The summed E-state index contributed by atoms with van der Waals surface area (Å²) in [4.78, 5) is 7.52. The number of piperidine rings is 1. The van der Waals surface area contributed by atoms with Gasteiger partial charge in [-0.3, -0.25) is 4.90 Å².